The van der Waals surface area contributed by atoms with Crippen LogP contribution < -0.4 is 4.74 Å². The van der Waals surface area contributed by atoms with E-state index in [9.17, 15) is 18.3 Å². The molecule has 3 unspecified atom stereocenters. The standard InChI is InChI=1S/C20H18Cl2F3N3O2/c1-2-17(22)18(28-11-26-10-27-28)19(29)15-8-7-14(9-16(15)20(23,24)25)30-13-5-3-12(21)4-6-13/h3-11,17-19,29H,2H2,1H3. The first kappa shape index (κ1) is 22.4. The van der Waals surface area contributed by atoms with Gasteiger partial charge in [0.15, 0.2) is 0 Å². The SMILES string of the molecule is CCC(Cl)C(C(O)c1ccc(Oc2ccc(Cl)cc2)cc1C(F)(F)F)n1cncn1. The van der Waals surface area contributed by atoms with E-state index in [1.807, 2.05) is 0 Å². The van der Waals surface area contributed by atoms with Gasteiger partial charge in [0.05, 0.1) is 10.9 Å². The first-order chi connectivity index (χ1) is 14.2. The molecule has 30 heavy (non-hydrogen) atoms. The van der Waals surface area contributed by atoms with Gasteiger partial charge in [0.25, 0.3) is 0 Å². The van der Waals surface area contributed by atoms with Crippen LogP contribution in [0.25, 0.3) is 0 Å². The summed E-state index contributed by atoms with van der Waals surface area (Å²) in [5.74, 6) is 0.295. The van der Waals surface area contributed by atoms with Gasteiger partial charge in [-0.05, 0) is 48.4 Å². The van der Waals surface area contributed by atoms with Crippen molar-refractivity contribution in [1.82, 2.24) is 14.8 Å². The second-order valence-corrected chi connectivity index (χ2v) is 7.53. The average Bonchev–Trinajstić information content (AvgIpc) is 3.23. The van der Waals surface area contributed by atoms with Crippen molar-refractivity contribution in [3.8, 4) is 11.5 Å². The number of hydrogen-bond acceptors (Lipinski definition) is 4. The molecule has 5 nitrogen and oxygen atoms in total. The third kappa shape index (κ3) is 5.06. The van der Waals surface area contributed by atoms with Gasteiger partial charge < -0.3 is 9.84 Å². The summed E-state index contributed by atoms with van der Waals surface area (Å²) in [6.07, 6.45) is -3.36. The van der Waals surface area contributed by atoms with Crippen LogP contribution in [0.2, 0.25) is 5.02 Å². The van der Waals surface area contributed by atoms with Crippen LogP contribution >= 0.6 is 23.2 Å². The first-order valence-corrected chi connectivity index (χ1v) is 9.83. The van der Waals surface area contributed by atoms with Crippen LogP contribution in [0.5, 0.6) is 11.5 Å². The number of aromatic nitrogens is 3. The van der Waals surface area contributed by atoms with E-state index in [0.717, 1.165) is 6.07 Å². The molecule has 3 aromatic rings. The average molecular weight is 460 g/mol. The van der Waals surface area contributed by atoms with Gasteiger partial charge in [-0.1, -0.05) is 24.6 Å². The Morgan fingerprint density at radius 2 is 1.80 bits per heavy atom. The number of aliphatic hydroxyl groups excluding tert-OH is 1. The quantitative estimate of drug-likeness (QED) is 0.437. The lowest BCUT2D eigenvalue weighted by atomic mass is 9.94. The molecule has 0 saturated carbocycles. The number of aliphatic hydroxyl groups is 1. The first-order valence-electron chi connectivity index (χ1n) is 9.01. The van der Waals surface area contributed by atoms with Crippen LogP contribution in [0.1, 0.15) is 36.6 Å². The highest BCUT2D eigenvalue weighted by molar-refractivity contribution is 6.30. The zero-order chi connectivity index (χ0) is 21.9. The van der Waals surface area contributed by atoms with Crippen molar-refractivity contribution in [2.75, 3.05) is 0 Å². The summed E-state index contributed by atoms with van der Waals surface area (Å²) >= 11 is 12.1. The molecule has 0 spiro atoms. The molecular weight excluding hydrogens is 442 g/mol. The number of hydrogen-bond donors (Lipinski definition) is 1. The molecule has 0 saturated heterocycles. The number of benzene rings is 2. The van der Waals surface area contributed by atoms with E-state index in [1.165, 1.54) is 29.5 Å². The predicted molar refractivity (Wildman–Crippen MR) is 107 cm³/mol. The molecule has 0 fully saturated rings. The number of alkyl halides is 4. The van der Waals surface area contributed by atoms with E-state index in [-0.39, 0.29) is 11.3 Å². The molecule has 0 radical (unpaired) electrons. The zero-order valence-electron chi connectivity index (χ0n) is 15.7. The predicted octanol–water partition coefficient (Wildman–Crippen LogP) is 6.03. The van der Waals surface area contributed by atoms with Crippen molar-refractivity contribution >= 4 is 23.2 Å². The van der Waals surface area contributed by atoms with Crippen molar-refractivity contribution in [3.63, 3.8) is 0 Å². The third-order valence-corrected chi connectivity index (χ3v) is 5.34. The number of rotatable bonds is 7. The van der Waals surface area contributed by atoms with Crippen molar-refractivity contribution < 1.29 is 23.0 Å². The largest absolute Gasteiger partial charge is 0.457 e. The number of nitrogens with zero attached hydrogens (tertiary/aromatic N) is 3. The fraction of sp³-hybridized carbons (Fsp3) is 0.300. The molecular formula is C20H18Cl2F3N3O2. The number of ether oxygens (including phenoxy) is 1. The van der Waals surface area contributed by atoms with Gasteiger partial charge >= 0.3 is 6.18 Å². The van der Waals surface area contributed by atoms with E-state index in [2.05, 4.69) is 10.1 Å². The van der Waals surface area contributed by atoms with Crippen LogP contribution in [0, 0.1) is 0 Å². The molecule has 1 N–H and O–H groups in total. The van der Waals surface area contributed by atoms with E-state index in [0.29, 0.717) is 17.2 Å². The van der Waals surface area contributed by atoms with Crippen molar-refractivity contribution in [2.45, 2.75) is 37.0 Å². The van der Waals surface area contributed by atoms with Gasteiger partial charge in [0.2, 0.25) is 0 Å². The normalized spacial score (nSPS) is 14.9. The minimum Gasteiger partial charge on any atom is -0.457 e. The molecule has 0 bridgehead atoms. The molecule has 3 atom stereocenters. The van der Waals surface area contributed by atoms with E-state index in [4.69, 9.17) is 27.9 Å². The molecule has 0 aliphatic rings. The molecule has 3 rings (SSSR count). The molecule has 10 heteroatoms. The molecule has 1 aromatic heterocycles. The summed E-state index contributed by atoms with van der Waals surface area (Å²) in [4.78, 5) is 3.80. The second kappa shape index (κ2) is 9.24. The van der Waals surface area contributed by atoms with Crippen LogP contribution in [-0.4, -0.2) is 25.2 Å². The number of halogens is 5. The summed E-state index contributed by atoms with van der Waals surface area (Å²) in [5, 5.41) is 14.6. The highest BCUT2D eigenvalue weighted by Crippen LogP contribution is 2.42. The maximum absolute atomic E-state index is 13.8. The highest BCUT2D eigenvalue weighted by atomic mass is 35.5. The van der Waals surface area contributed by atoms with Gasteiger partial charge in [-0.3, -0.25) is 0 Å². The molecule has 1 heterocycles. The second-order valence-electron chi connectivity index (χ2n) is 6.54. The lowest BCUT2D eigenvalue weighted by Crippen LogP contribution is -2.28. The summed E-state index contributed by atoms with van der Waals surface area (Å²) in [6, 6.07) is 8.65. The highest BCUT2D eigenvalue weighted by Gasteiger charge is 2.39. The van der Waals surface area contributed by atoms with Gasteiger partial charge in [-0.2, -0.15) is 18.3 Å². The van der Waals surface area contributed by atoms with Crippen LogP contribution in [0.15, 0.2) is 55.1 Å². The molecule has 0 amide bonds. The molecule has 160 valence electrons. The maximum atomic E-state index is 13.8. The fourth-order valence-corrected chi connectivity index (χ4v) is 3.43. The van der Waals surface area contributed by atoms with E-state index >= 15 is 0 Å². The zero-order valence-corrected chi connectivity index (χ0v) is 17.2. The van der Waals surface area contributed by atoms with Gasteiger partial charge in [-0.15, -0.1) is 11.6 Å². The third-order valence-electron chi connectivity index (χ3n) is 4.52. The van der Waals surface area contributed by atoms with Crippen LogP contribution in [0.3, 0.4) is 0 Å². The smallest absolute Gasteiger partial charge is 0.416 e. The lowest BCUT2D eigenvalue weighted by molar-refractivity contribution is -0.139. The van der Waals surface area contributed by atoms with E-state index in [1.54, 1.807) is 31.2 Å². The maximum Gasteiger partial charge on any atom is 0.416 e. The van der Waals surface area contributed by atoms with Crippen LogP contribution in [0.4, 0.5) is 13.2 Å². The Labute approximate surface area is 181 Å². The summed E-state index contributed by atoms with van der Waals surface area (Å²) in [6.45, 7) is 1.77. The minimum absolute atomic E-state index is 0.0316. The Hall–Kier alpha value is -2.29. The van der Waals surface area contributed by atoms with Gasteiger partial charge in [-0.25, -0.2) is 9.67 Å². The Balaban J connectivity index is 1.99. The summed E-state index contributed by atoms with van der Waals surface area (Å²) in [7, 11) is 0. The van der Waals surface area contributed by atoms with Gasteiger partial charge in [0.1, 0.15) is 36.3 Å². The Morgan fingerprint density at radius 3 is 2.37 bits per heavy atom. The fourth-order valence-electron chi connectivity index (χ4n) is 3.05. The Bertz CT molecular complexity index is 966. The lowest BCUT2D eigenvalue weighted by Gasteiger charge is -2.28. The van der Waals surface area contributed by atoms with Crippen molar-refractivity contribution in [2.24, 2.45) is 0 Å². The van der Waals surface area contributed by atoms with Crippen molar-refractivity contribution in [1.29, 1.82) is 0 Å². The Kier molecular flexibility index (Phi) is 6.90. The van der Waals surface area contributed by atoms with Crippen molar-refractivity contribution in [3.05, 3.63) is 71.3 Å². The summed E-state index contributed by atoms with van der Waals surface area (Å²) < 4.78 is 48.2. The molecule has 0 aliphatic carbocycles. The van der Waals surface area contributed by atoms with Gasteiger partial charge in [0, 0.05) is 5.02 Å². The monoisotopic (exact) mass is 459 g/mol. The molecule has 0 aliphatic heterocycles. The Morgan fingerprint density at radius 1 is 1.13 bits per heavy atom. The van der Waals surface area contributed by atoms with Crippen LogP contribution in [-0.2, 0) is 6.18 Å². The van der Waals surface area contributed by atoms with E-state index < -0.39 is 29.3 Å². The summed E-state index contributed by atoms with van der Waals surface area (Å²) in [5.41, 5.74) is -1.35. The topological polar surface area (TPSA) is 60.2 Å². The minimum atomic E-state index is -4.73. The molecule has 2 aromatic carbocycles.